The number of hydrogen-bond donors (Lipinski definition) is 1. The average molecular weight is 158 g/mol. The third-order valence-electron chi connectivity index (χ3n) is 2.04. The van der Waals surface area contributed by atoms with Crippen molar-refractivity contribution in [2.45, 2.75) is 20.3 Å². The second kappa shape index (κ2) is 3.52. The van der Waals surface area contributed by atoms with Crippen LogP contribution in [0, 0.1) is 5.41 Å². The molecule has 0 aromatic carbocycles. The molecular weight excluding hydrogens is 140 g/mol. The van der Waals surface area contributed by atoms with Gasteiger partial charge in [0, 0.05) is 19.6 Å². The van der Waals surface area contributed by atoms with Crippen LogP contribution < -0.4 is 5.90 Å². The van der Waals surface area contributed by atoms with Gasteiger partial charge >= 0.3 is 0 Å². The maximum atomic E-state index is 4.91. The lowest BCUT2D eigenvalue weighted by Crippen LogP contribution is -2.53. The Balaban J connectivity index is 1.96. The van der Waals surface area contributed by atoms with Crippen molar-refractivity contribution >= 4 is 0 Å². The summed E-state index contributed by atoms with van der Waals surface area (Å²) < 4.78 is 0. The minimum absolute atomic E-state index is 0.545. The molecule has 0 bridgehead atoms. The molecule has 3 heteroatoms. The Morgan fingerprint density at radius 2 is 2.09 bits per heavy atom. The van der Waals surface area contributed by atoms with Gasteiger partial charge in [-0.25, -0.2) is 5.90 Å². The molecule has 2 N–H and O–H groups in total. The Labute approximate surface area is 68.5 Å². The fraction of sp³-hybridized carbons (Fsp3) is 1.00. The molecule has 3 nitrogen and oxygen atoms in total. The summed E-state index contributed by atoms with van der Waals surface area (Å²) in [5, 5.41) is 0. The molecule has 0 radical (unpaired) electrons. The van der Waals surface area contributed by atoms with E-state index in [1.165, 1.54) is 13.1 Å². The van der Waals surface area contributed by atoms with Crippen LogP contribution in [0.2, 0.25) is 0 Å². The molecule has 0 atom stereocenters. The predicted octanol–water partition coefficient (Wildman–Crippen LogP) is 0.609. The highest BCUT2D eigenvalue weighted by Crippen LogP contribution is 2.28. The molecule has 1 aliphatic heterocycles. The van der Waals surface area contributed by atoms with Crippen LogP contribution in [0.25, 0.3) is 0 Å². The van der Waals surface area contributed by atoms with E-state index in [2.05, 4.69) is 23.6 Å². The topological polar surface area (TPSA) is 38.5 Å². The number of nitrogens with zero attached hydrogens (tertiary/aromatic N) is 1. The van der Waals surface area contributed by atoms with E-state index in [9.17, 15) is 0 Å². The first-order valence-corrected chi connectivity index (χ1v) is 4.18. The monoisotopic (exact) mass is 158 g/mol. The van der Waals surface area contributed by atoms with E-state index in [0.29, 0.717) is 12.0 Å². The summed E-state index contributed by atoms with van der Waals surface area (Å²) in [6, 6.07) is 0. The molecule has 1 fully saturated rings. The fourth-order valence-corrected chi connectivity index (χ4v) is 1.69. The molecule has 11 heavy (non-hydrogen) atoms. The summed E-state index contributed by atoms with van der Waals surface area (Å²) in [7, 11) is 0. The first-order chi connectivity index (χ1) is 5.14. The predicted molar refractivity (Wildman–Crippen MR) is 45.0 cm³/mol. The van der Waals surface area contributed by atoms with Crippen molar-refractivity contribution in [2.75, 3.05) is 26.2 Å². The van der Waals surface area contributed by atoms with E-state index < -0.39 is 0 Å². The molecule has 0 amide bonds. The Bertz CT molecular complexity index is 117. The standard InChI is InChI=1S/C8H18N2O/c1-8(2)6-10(7-8)4-3-5-11-9/h3-7,9H2,1-2H3. The van der Waals surface area contributed by atoms with E-state index in [1.54, 1.807) is 0 Å². The summed E-state index contributed by atoms with van der Waals surface area (Å²) >= 11 is 0. The van der Waals surface area contributed by atoms with E-state index in [4.69, 9.17) is 5.90 Å². The van der Waals surface area contributed by atoms with Crippen molar-refractivity contribution in [3.8, 4) is 0 Å². The van der Waals surface area contributed by atoms with Crippen LogP contribution in [0.4, 0.5) is 0 Å². The molecule has 1 aliphatic rings. The Hall–Kier alpha value is -0.120. The minimum Gasteiger partial charge on any atom is -0.305 e. The van der Waals surface area contributed by atoms with Crippen LogP contribution in [0.3, 0.4) is 0 Å². The normalized spacial score (nSPS) is 23.2. The largest absolute Gasteiger partial charge is 0.305 e. The Morgan fingerprint density at radius 3 is 2.55 bits per heavy atom. The molecule has 0 aromatic heterocycles. The van der Waals surface area contributed by atoms with Gasteiger partial charge in [-0.1, -0.05) is 13.8 Å². The summed E-state index contributed by atoms with van der Waals surface area (Å²) in [6.07, 6.45) is 1.05. The van der Waals surface area contributed by atoms with Crippen LogP contribution in [0.1, 0.15) is 20.3 Å². The molecule has 0 spiro atoms. The van der Waals surface area contributed by atoms with Crippen LogP contribution in [-0.2, 0) is 4.84 Å². The molecule has 0 unspecified atom stereocenters. The lowest BCUT2D eigenvalue weighted by molar-refractivity contribution is 0.0214. The van der Waals surface area contributed by atoms with Crippen molar-refractivity contribution in [1.82, 2.24) is 4.90 Å². The summed E-state index contributed by atoms with van der Waals surface area (Å²) in [4.78, 5) is 6.92. The van der Waals surface area contributed by atoms with Crippen molar-refractivity contribution in [3.05, 3.63) is 0 Å². The van der Waals surface area contributed by atoms with Crippen molar-refractivity contribution in [2.24, 2.45) is 11.3 Å². The molecule has 66 valence electrons. The zero-order chi connectivity index (χ0) is 8.32. The van der Waals surface area contributed by atoms with Gasteiger partial charge in [-0.2, -0.15) is 0 Å². The first-order valence-electron chi connectivity index (χ1n) is 4.18. The van der Waals surface area contributed by atoms with Gasteiger partial charge in [0.05, 0.1) is 6.61 Å². The smallest absolute Gasteiger partial charge is 0.0691 e. The van der Waals surface area contributed by atoms with E-state index in [-0.39, 0.29) is 0 Å². The highest BCUT2D eigenvalue weighted by molar-refractivity contribution is 4.86. The zero-order valence-electron chi connectivity index (χ0n) is 7.47. The van der Waals surface area contributed by atoms with Gasteiger partial charge in [0.15, 0.2) is 0 Å². The van der Waals surface area contributed by atoms with Gasteiger partial charge in [0.2, 0.25) is 0 Å². The van der Waals surface area contributed by atoms with Gasteiger partial charge in [-0.05, 0) is 11.8 Å². The molecule has 0 saturated carbocycles. The quantitative estimate of drug-likeness (QED) is 0.481. The minimum atomic E-state index is 0.545. The molecule has 1 heterocycles. The average Bonchev–Trinajstić information content (AvgIpc) is 1.84. The molecule has 0 aliphatic carbocycles. The number of hydrogen-bond acceptors (Lipinski definition) is 3. The van der Waals surface area contributed by atoms with Gasteiger partial charge < -0.3 is 9.74 Å². The maximum absolute atomic E-state index is 4.91. The third-order valence-corrected chi connectivity index (χ3v) is 2.04. The number of nitrogens with two attached hydrogens (primary N) is 1. The fourth-order valence-electron chi connectivity index (χ4n) is 1.69. The van der Waals surface area contributed by atoms with E-state index in [1.807, 2.05) is 0 Å². The second-order valence-corrected chi connectivity index (χ2v) is 4.10. The molecule has 0 aromatic rings. The van der Waals surface area contributed by atoms with E-state index >= 15 is 0 Å². The highest BCUT2D eigenvalue weighted by atomic mass is 16.6. The van der Waals surface area contributed by atoms with Crippen LogP contribution >= 0.6 is 0 Å². The summed E-state index contributed by atoms with van der Waals surface area (Å²) in [6.45, 7) is 8.83. The molecular formula is C8H18N2O. The summed E-state index contributed by atoms with van der Waals surface area (Å²) in [5.74, 6) is 4.91. The van der Waals surface area contributed by atoms with E-state index in [0.717, 1.165) is 13.0 Å². The maximum Gasteiger partial charge on any atom is 0.0691 e. The molecule has 1 rings (SSSR count). The number of likely N-dealkylation sites (tertiary alicyclic amines) is 1. The summed E-state index contributed by atoms with van der Waals surface area (Å²) in [5.41, 5.74) is 0.545. The molecule has 1 saturated heterocycles. The second-order valence-electron chi connectivity index (χ2n) is 4.10. The SMILES string of the molecule is CC1(C)CN(CCCON)C1. The Kier molecular flexibility index (Phi) is 2.87. The van der Waals surface area contributed by atoms with Crippen LogP contribution in [0.5, 0.6) is 0 Å². The van der Waals surface area contributed by atoms with Crippen molar-refractivity contribution < 1.29 is 4.84 Å². The van der Waals surface area contributed by atoms with Gasteiger partial charge in [0.25, 0.3) is 0 Å². The van der Waals surface area contributed by atoms with Gasteiger partial charge in [-0.3, -0.25) is 0 Å². The van der Waals surface area contributed by atoms with Gasteiger partial charge in [0.1, 0.15) is 0 Å². The van der Waals surface area contributed by atoms with Gasteiger partial charge in [-0.15, -0.1) is 0 Å². The Morgan fingerprint density at radius 1 is 1.45 bits per heavy atom. The van der Waals surface area contributed by atoms with Crippen molar-refractivity contribution in [3.63, 3.8) is 0 Å². The van der Waals surface area contributed by atoms with Crippen LogP contribution in [-0.4, -0.2) is 31.1 Å². The van der Waals surface area contributed by atoms with Crippen molar-refractivity contribution in [1.29, 1.82) is 0 Å². The number of rotatable bonds is 4. The zero-order valence-corrected chi connectivity index (χ0v) is 7.47. The van der Waals surface area contributed by atoms with Crippen LogP contribution in [0.15, 0.2) is 0 Å². The highest BCUT2D eigenvalue weighted by Gasteiger charge is 2.32. The lowest BCUT2D eigenvalue weighted by atomic mass is 9.84. The third kappa shape index (κ3) is 2.77. The first kappa shape index (κ1) is 8.97. The lowest BCUT2D eigenvalue weighted by Gasteiger charge is -2.45.